The average Bonchev–Trinajstić information content (AvgIpc) is 2.82. The average molecular weight is 296 g/mol. The molecular formula is C12H12N2O5S. The molecule has 1 aromatic carbocycles. The van der Waals surface area contributed by atoms with Crippen LogP contribution in [0.1, 0.15) is 21.8 Å². The standard InChI is InChI=1S/C12H12N2O5S/c1-8-5-10(19-14-8)7-13-20(17,18)11-4-2-3-9(6-11)12(15)16/h2-6,13H,7H2,1H3,(H,15,16). The zero-order valence-corrected chi connectivity index (χ0v) is 11.3. The van der Waals surface area contributed by atoms with Crippen molar-refractivity contribution in [2.24, 2.45) is 0 Å². The van der Waals surface area contributed by atoms with E-state index in [4.69, 9.17) is 9.63 Å². The molecule has 0 amide bonds. The van der Waals surface area contributed by atoms with E-state index in [0.29, 0.717) is 11.5 Å². The van der Waals surface area contributed by atoms with Gasteiger partial charge in [-0.1, -0.05) is 11.2 Å². The lowest BCUT2D eigenvalue weighted by atomic mass is 10.2. The highest BCUT2D eigenvalue weighted by molar-refractivity contribution is 7.89. The van der Waals surface area contributed by atoms with Gasteiger partial charge in [0, 0.05) is 6.07 Å². The number of carboxylic acid groups (broad SMARTS) is 1. The summed E-state index contributed by atoms with van der Waals surface area (Å²) in [7, 11) is -3.81. The van der Waals surface area contributed by atoms with Crippen LogP contribution in [-0.2, 0) is 16.6 Å². The monoisotopic (exact) mass is 296 g/mol. The molecule has 0 aliphatic carbocycles. The summed E-state index contributed by atoms with van der Waals surface area (Å²) in [5.41, 5.74) is 0.551. The molecule has 106 valence electrons. The van der Waals surface area contributed by atoms with E-state index in [1.807, 2.05) is 0 Å². The molecule has 0 aliphatic heterocycles. The summed E-state index contributed by atoms with van der Waals surface area (Å²) >= 11 is 0. The minimum Gasteiger partial charge on any atom is -0.478 e. The maximum Gasteiger partial charge on any atom is 0.335 e. The van der Waals surface area contributed by atoms with Crippen LogP contribution in [-0.4, -0.2) is 24.7 Å². The Hall–Kier alpha value is -2.19. The van der Waals surface area contributed by atoms with Crippen molar-refractivity contribution < 1.29 is 22.8 Å². The van der Waals surface area contributed by atoms with Gasteiger partial charge in [0.15, 0.2) is 5.76 Å². The predicted molar refractivity (Wildman–Crippen MR) is 68.7 cm³/mol. The Bertz CT molecular complexity index is 736. The molecular weight excluding hydrogens is 284 g/mol. The largest absolute Gasteiger partial charge is 0.478 e. The smallest absolute Gasteiger partial charge is 0.335 e. The topological polar surface area (TPSA) is 110 Å². The summed E-state index contributed by atoms with van der Waals surface area (Å²) in [6, 6.07) is 6.71. The first kappa shape index (κ1) is 14.2. The Kier molecular flexibility index (Phi) is 3.86. The molecule has 0 saturated heterocycles. The predicted octanol–water partition coefficient (Wildman–Crippen LogP) is 1.16. The van der Waals surface area contributed by atoms with Crippen LogP contribution < -0.4 is 4.72 Å². The number of hydrogen-bond acceptors (Lipinski definition) is 5. The number of nitrogens with zero attached hydrogens (tertiary/aromatic N) is 1. The molecule has 2 rings (SSSR count). The van der Waals surface area contributed by atoms with Gasteiger partial charge in [-0.3, -0.25) is 0 Å². The molecule has 0 spiro atoms. The van der Waals surface area contributed by atoms with Crippen LogP contribution in [0.2, 0.25) is 0 Å². The van der Waals surface area contributed by atoms with E-state index in [1.165, 1.54) is 18.2 Å². The third-order valence-corrected chi connectivity index (χ3v) is 3.90. The number of hydrogen-bond donors (Lipinski definition) is 2. The van der Waals surface area contributed by atoms with Gasteiger partial charge in [-0.2, -0.15) is 0 Å². The summed E-state index contributed by atoms with van der Waals surface area (Å²) in [5.74, 6) is -0.812. The molecule has 0 fully saturated rings. The van der Waals surface area contributed by atoms with Crippen molar-refractivity contribution in [2.45, 2.75) is 18.4 Å². The van der Waals surface area contributed by atoms with Crippen LogP contribution in [0.25, 0.3) is 0 Å². The molecule has 0 saturated carbocycles. The number of aryl methyl sites for hydroxylation is 1. The molecule has 0 radical (unpaired) electrons. The van der Waals surface area contributed by atoms with Crippen molar-refractivity contribution in [3.05, 3.63) is 47.3 Å². The molecule has 2 aromatic rings. The molecule has 20 heavy (non-hydrogen) atoms. The molecule has 7 nitrogen and oxygen atoms in total. The van der Waals surface area contributed by atoms with Crippen molar-refractivity contribution in [1.82, 2.24) is 9.88 Å². The second-order valence-corrected chi connectivity index (χ2v) is 5.86. The SMILES string of the molecule is Cc1cc(CNS(=O)(=O)c2cccc(C(=O)O)c2)on1. The lowest BCUT2D eigenvalue weighted by Crippen LogP contribution is -2.23. The Morgan fingerprint density at radius 2 is 2.15 bits per heavy atom. The fourth-order valence-corrected chi connectivity index (χ4v) is 2.58. The van der Waals surface area contributed by atoms with Crippen LogP contribution in [0.5, 0.6) is 0 Å². The third kappa shape index (κ3) is 3.22. The third-order valence-electron chi connectivity index (χ3n) is 2.50. The fraction of sp³-hybridized carbons (Fsp3) is 0.167. The Labute approximate surface area is 115 Å². The van der Waals surface area contributed by atoms with Gasteiger partial charge in [-0.05, 0) is 25.1 Å². The summed E-state index contributed by atoms with van der Waals surface area (Å²) in [4.78, 5) is 10.7. The van der Waals surface area contributed by atoms with Crippen molar-refractivity contribution in [3.63, 3.8) is 0 Å². The van der Waals surface area contributed by atoms with E-state index in [2.05, 4.69) is 9.88 Å². The normalized spacial score (nSPS) is 11.4. The van der Waals surface area contributed by atoms with Gasteiger partial charge in [0.2, 0.25) is 10.0 Å². The molecule has 0 bridgehead atoms. The van der Waals surface area contributed by atoms with E-state index in [0.717, 1.165) is 6.07 Å². The molecule has 0 atom stereocenters. The second kappa shape index (κ2) is 5.43. The first-order valence-corrected chi connectivity index (χ1v) is 7.12. The van der Waals surface area contributed by atoms with Crippen LogP contribution in [0.4, 0.5) is 0 Å². The minimum absolute atomic E-state index is 0.0551. The maximum absolute atomic E-state index is 12.0. The number of carbonyl (C=O) groups is 1. The summed E-state index contributed by atoms with van der Waals surface area (Å²) in [5, 5.41) is 12.5. The lowest BCUT2D eigenvalue weighted by Gasteiger charge is -2.05. The van der Waals surface area contributed by atoms with Crippen molar-refractivity contribution in [3.8, 4) is 0 Å². The number of aromatic nitrogens is 1. The number of benzene rings is 1. The summed E-state index contributed by atoms with van der Waals surface area (Å²) in [6.45, 7) is 1.66. The molecule has 0 aliphatic rings. The van der Waals surface area contributed by atoms with Crippen molar-refractivity contribution >= 4 is 16.0 Å². The van der Waals surface area contributed by atoms with Gasteiger partial charge in [0.05, 0.1) is 22.7 Å². The quantitative estimate of drug-likeness (QED) is 0.856. The number of carboxylic acids is 1. The van der Waals surface area contributed by atoms with Crippen LogP contribution >= 0.6 is 0 Å². The van der Waals surface area contributed by atoms with E-state index >= 15 is 0 Å². The van der Waals surface area contributed by atoms with Gasteiger partial charge >= 0.3 is 5.97 Å². The van der Waals surface area contributed by atoms with E-state index in [1.54, 1.807) is 13.0 Å². The lowest BCUT2D eigenvalue weighted by molar-refractivity contribution is 0.0696. The minimum atomic E-state index is -3.81. The van der Waals surface area contributed by atoms with Crippen LogP contribution in [0.3, 0.4) is 0 Å². The van der Waals surface area contributed by atoms with E-state index in [9.17, 15) is 13.2 Å². The first-order chi connectivity index (χ1) is 9.38. The van der Waals surface area contributed by atoms with Gasteiger partial charge < -0.3 is 9.63 Å². The maximum atomic E-state index is 12.0. The second-order valence-electron chi connectivity index (χ2n) is 4.09. The number of sulfonamides is 1. The number of nitrogens with one attached hydrogen (secondary N) is 1. The highest BCUT2D eigenvalue weighted by Crippen LogP contribution is 2.12. The Balaban J connectivity index is 2.17. The fourth-order valence-electron chi connectivity index (χ4n) is 1.55. The molecule has 1 heterocycles. The molecule has 8 heteroatoms. The Morgan fingerprint density at radius 3 is 2.75 bits per heavy atom. The highest BCUT2D eigenvalue weighted by atomic mass is 32.2. The Morgan fingerprint density at radius 1 is 1.40 bits per heavy atom. The van der Waals surface area contributed by atoms with Gasteiger partial charge in [-0.25, -0.2) is 17.9 Å². The van der Waals surface area contributed by atoms with E-state index < -0.39 is 16.0 Å². The van der Waals surface area contributed by atoms with Crippen molar-refractivity contribution in [2.75, 3.05) is 0 Å². The highest BCUT2D eigenvalue weighted by Gasteiger charge is 2.16. The van der Waals surface area contributed by atoms with Gasteiger partial charge in [0.1, 0.15) is 0 Å². The summed E-state index contributed by atoms with van der Waals surface area (Å²) < 4.78 is 31.2. The molecule has 1 aromatic heterocycles. The molecule has 0 unspecified atom stereocenters. The zero-order chi connectivity index (χ0) is 14.8. The number of rotatable bonds is 5. The summed E-state index contributed by atoms with van der Waals surface area (Å²) in [6.07, 6.45) is 0. The first-order valence-electron chi connectivity index (χ1n) is 5.64. The van der Waals surface area contributed by atoms with Crippen LogP contribution in [0.15, 0.2) is 39.8 Å². The van der Waals surface area contributed by atoms with Crippen LogP contribution in [0, 0.1) is 6.92 Å². The van der Waals surface area contributed by atoms with Gasteiger partial charge in [0.25, 0.3) is 0 Å². The van der Waals surface area contributed by atoms with Crippen molar-refractivity contribution in [1.29, 1.82) is 0 Å². The molecule has 2 N–H and O–H groups in total. The van der Waals surface area contributed by atoms with Gasteiger partial charge in [-0.15, -0.1) is 0 Å². The number of aromatic carboxylic acids is 1. The van der Waals surface area contributed by atoms with E-state index in [-0.39, 0.29) is 17.0 Å². The zero-order valence-electron chi connectivity index (χ0n) is 10.5.